The van der Waals surface area contributed by atoms with E-state index in [0.29, 0.717) is 12.6 Å². The number of nitrogens with zero attached hydrogens (tertiary/aromatic N) is 4. The number of piperidine rings is 1. The van der Waals surface area contributed by atoms with Gasteiger partial charge < -0.3 is 19.3 Å². The van der Waals surface area contributed by atoms with Crippen LogP contribution < -0.4 is 9.64 Å². The van der Waals surface area contributed by atoms with Crippen LogP contribution in [0.4, 0.5) is 5.95 Å². The van der Waals surface area contributed by atoms with Gasteiger partial charge in [0, 0.05) is 51.5 Å². The third-order valence-corrected chi connectivity index (χ3v) is 6.00. The minimum absolute atomic E-state index is 0.151. The first-order valence-electron chi connectivity index (χ1n) is 10.7. The Kier molecular flexibility index (Phi) is 6.18. The van der Waals surface area contributed by atoms with Gasteiger partial charge in [-0.15, -0.1) is 0 Å². The van der Waals surface area contributed by atoms with Crippen molar-refractivity contribution in [1.29, 1.82) is 0 Å². The number of carbonyl (C=O) groups is 1. The molecule has 1 aromatic carbocycles. The van der Waals surface area contributed by atoms with E-state index >= 15 is 0 Å². The number of benzene rings is 1. The third kappa shape index (κ3) is 4.26. The van der Waals surface area contributed by atoms with Crippen molar-refractivity contribution in [2.45, 2.75) is 37.7 Å². The first-order chi connectivity index (χ1) is 14.6. The van der Waals surface area contributed by atoms with Crippen molar-refractivity contribution in [1.82, 2.24) is 14.9 Å². The molecular weight excluding hydrogens is 380 g/mol. The third-order valence-electron chi connectivity index (χ3n) is 6.00. The number of methoxy groups -OCH3 is 1. The number of ether oxygens (including phenoxy) is 2. The summed E-state index contributed by atoms with van der Waals surface area (Å²) in [6.45, 7) is 2.19. The second kappa shape index (κ2) is 9.00. The second-order valence-electron chi connectivity index (χ2n) is 8.19. The molecule has 2 saturated heterocycles. The molecule has 0 N–H and O–H groups in total. The molecule has 2 fully saturated rings. The SMILES string of the molecule is COc1ccc(-c2cnc(N(C)C)nc2C2CCN(C(=O)[C@@H]3CCCO3)CC2)cc1. The van der Waals surface area contributed by atoms with Crippen LogP contribution >= 0.6 is 0 Å². The highest BCUT2D eigenvalue weighted by molar-refractivity contribution is 5.81. The Morgan fingerprint density at radius 3 is 2.50 bits per heavy atom. The van der Waals surface area contributed by atoms with E-state index in [1.54, 1.807) is 7.11 Å². The van der Waals surface area contributed by atoms with Crippen molar-refractivity contribution in [2.75, 3.05) is 45.8 Å². The number of rotatable bonds is 5. The summed E-state index contributed by atoms with van der Waals surface area (Å²) < 4.78 is 10.9. The van der Waals surface area contributed by atoms with Gasteiger partial charge in [0.15, 0.2) is 0 Å². The monoisotopic (exact) mass is 410 g/mol. The molecule has 30 heavy (non-hydrogen) atoms. The lowest BCUT2D eigenvalue weighted by Gasteiger charge is -2.34. The van der Waals surface area contributed by atoms with Crippen molar-refractivity contribution in [3.63, 3.8) is 0 Å². The van der Waals surface area contributed by atoms with Gasteiger partial charge in [-0.05, 0) is 43.4 Å². The number of hydrogen-bond acceptors (Lipinski definition) is 6. The van der Waals surface area contributed by atoms with Gasteiger partial charge in [-0.1, -0.05) is 12.1 Å². The smallest absolute Gasteiger partial charge is 0.251 e. The molecule has 0 radical (unpaired) electrons. The molecule has 2 aliphatic rings. The molecule has 7 heteroatoms. The maximum Gasteiger partial charge on any atom is 0.251 e. The van der Waals surface area contributed by atoms with E-state index < -0.39 is 0 Å². The quantitative estimate of drug-likeness (QED) is 0.755. The Balaban J connectivity index is 1.56. The van der Waals surface area contributed by atoms with Crippen molar-refractivity contribution in [3.8, 4) is 16.9 Å². The van der Waals surface area contributed by atoms with Crippen molar-refractivity contribution < 1.29 is 14.3 Å². The Morgan fingerprint density at radius 2 is 1.90 bits per heavy atom. The molecule has 1 amide bonds. The summed E-state index contributed by atoms with van der Waals surface area (Å²) in [7, 11) is 5.57. The molecule has 1 aromatic heterocycles. The van der Waals surface area contributed by atoms with Gasteiger partial charge in [0.05, 0.1) is 12.8 Å². The molecule has 2 aliphatic heterocycles. The summed E-state index contributed by atoms with van der Waals surface area (Å²) in [5.74, 6) is 1.97. The van der Waals surface area contributed by atoms with Crippen LogP contribution in [0.1, 0.15) is 37.3 Å². The lowest BCUT2D eigenvalue weighted by atomic mass is 9.88. The Labute approximate surface area is 178 Å². The minimum atomic E-state index is -0.240. The van der Waals surface area contributed by atoms with Gasteiger partial charge in [-0.2, -0.15) is 0 Å². The molecular formula is C23H30N4O3. The molecule has 0 spiro atoms. The lowest BCUT2D eigenvalue weighted by molar-refractivity contribution is -0.142. The minimum Gasteiger partial charge on any atom is -0.497 e. The fourth-order valence-electron chi connectivity index (χ4n) is 4.25. The highest BCUT2D eigenvalue weighted by atomic mass is 16.5. The molecule has 1 atom stereocenters. The van der Waals surface area contributed by atoms with E-state index in [9.17, 15) is 4.79 Å². The van der Waals surface area contributed by atoms with E-state index in [4.69, 9.17) is 14.5 Å². The number of hydrogen-bond donors (Lipinski definition) is 0. The zero-order valence-electron chi connectivity index (χ0n) is 18.0. The number of anilines is 1. The van der Waals surface area contributed by atoms with Gasteiger partial charge in [-0.3, -0.25) is 4.79 Å². The van der Waals surface area contributed by atoms with Gasteiger partial charge in [-0.25, -0.2) is 9.97 Å². The highest BCUT2D eigenvalue weighted by Gasteiger charge is 2.32. The molecule has 3 heterocycles. The molecule has 160 valence electrons. The molecule has 0 bridgehead atoms. The summed E-state index contributed by atoms with van der Waals surface area (Å²) in [6, 6.07) is 8.02. The predicted molar refractivity (Wildman–Crippen MR) is 116 cm³/mol. The molecule has 0 unspecified atom stereocenters. The van der Waals surface area contributed by atoms with Crippen LogP contribution in [0.2, 0.25) is 0 Å². The summed E-state index contributed by atoms with van der Waals surface area (Å²) in [5, 5.41) is 0. The fraction of sp³-hybridized carbons (Fsp3) is 0.522. The molecule has 4 rings (SSSR count). The number of likely N-dealkylation sites (tertiary alicyclic amines) is 1. The Hall–Kier alpha value is -2.67. The second-order valence-corrected chi connectivity index (χ2v) is 8.19. The van der Waals surface area contributed by atoms with Crippen molar-refractivity contribution in [3.05, 3.63) is 36.2 Å². The van der Waals surface area contributed by atoms with Crippen molar-refractivity contribution in [2.24, 2.45) is 0 Å². The van der Waals surface area contributed by atoms with E-state index in [2.05, 4.69) is 4.98 Å². The number of aromatic nitrogens is 2. The van der Waals surface area contributed by atoms with Crippen LogP contribution in [-0.2, 0) is 9.53 Å². The van der Waals surface area contributed by atoms with E-state index in [-0.39, 0.29) is 17.9 Å². The topological polar surface area (TPSA) is 67.8 Å². The zero-order valence-corrected chi connectivity index (χ0v) is 18.0. The largest absolute Gasteiger partial charge is 0.497 e. The van der Waals surface area contributed by atoms with Crippen molar-refractivity contribution >= 4 is 11.9 Å². The number of amides is 1. The highest BCUT2D eigenvalue weighted by Crippen LogP contribution is 2.35. The van der Waals surface area contributed by atoms with Crippen LogP contribution in [0, 0.1) is 0 Å². The standard InChI is InChI=1S/C23H30N4O3/c1-26(2)23-24-15-19(16-6-8-18(29-3)9-7-16)21(25-23)17-10-12-27(13-11-17)22(28)20-5-4-14-30-20/h6-9,15,17,20H,4-5,10-14H2,1-3H3/t20-/m0/s1. The van der Waals surface area contributed by atoms with E-state index in [1.807, 2.05) is 54.4 Å². The van der Waals surface area contributed by atoms with E-state index in [0.717, 1.165) is 61.3 Å². The fourth-order valence-corrected chi connectivity index (χ4v) is 4.25. The predicted octanol–water partition coefficient (Wildman–Crippen LogP) is 3.10. The Bertz CT molecular complexity index is 871. The van der Waals surface area contributed by atoms with Crippen LogP contribution in [0.25, 0.3) is 11.1 Å². The summed E-state index contributed by atoms with van der Waals surface area (Å²) in [4.78, 5) is 26.1. The summed E-state index contributed by atoms with van der Waals surface area (Å²) in [6.07, 6.45) is 5.29. The van der Waals surface area contributed by atoms with Gasteiger partial charge >= 0.3 is 0 Å². The molecule has 2 aromatic rings. The van der Waals surface area contributed by atoms with Crippen LogP contribution in [0.3, 0.4) is 0 Å². The normalized spacial score (nSPS) is 19.7. The Morgan fingerprint density at radius 1 is 1.17 bits per heavy atom. The number of carbonyl (C=O) groups excluding carboxylic acids is 1. The molecule has 0 aliphatic carbocycles. The average Bonchev–Trinajstić information content (AvgIpc) is 3.33. The molecule has 7 nitrogen and oxygen atoms in total. The first kappa shape index (κ1) is 20.6. The zero-order chi connectivity index (χ0) is 21.1. The van der Waals surface area contributed by atoms with Crippen LogP contribution in [0.15, 0.2) is 30.5 Å². The summed E-state index contributed by atoms with van der Waals surface area (Å²) in [5.41, 5.74) is 3.18. The maximum atomic E-state index is 12.7. The van der Waals surface area contributed by atoms with Gasteiger partial charge in [0.1, 0.15) is 11.9 Å². The average molecular weight is 411 g/mol. The lowest BCUT2D eigenvalue weighted by Crippen LogP contribution is -2.43. The van der Waals surface area contributed by atoms with Gasteiger partial charge in [0.25, 0.3) is 5.91 Å². The summed E-state index contributed by atoms with van der Waals surface area (Å²) >= 11 is 0. The van der Waals surface area contributed by atoms with Crippen LogP contribution in [-0.4, -0.2) is 67.8 Å². The van der Waals surface area contributed by atoms with Crippen LogP contribution in [0.5, 0.6) is 5.75 Å². The molecule has 0 saturated carbocycles. The van der Waals surface area contributed by atoms with E-state index in [1.165, 1.54) is 0 Å². The van der Waals surface area contributed by atoms with Gasteiger partial charge in [0.2, 0.25) is 5.95 Å². The first-order valence-corrected chi connectivity index (χ1v) is 10.7. The maximum absolute atomic E-state index is 12.7.